The molecule has 0 amide bonds. The number of aromatic amines is 1. The lowest BCUT2D eigenvalue weighted by Gasteiger charge is -2.17. The van der Waals surface area contributed by atoms with Crippen LogP contribution in [0.4, 0.5) is 4.39 Å². The summed E-state index contributed by atoms with van der Waals surface area (Å²) in [5.74, 6) is -0.268. The Morgan fingerprint density at radius 3 is 2.60 bits per heavy atom. The Hall–Kier alpha value is -1.38. The number of rotatable bonds is 0. The molecule has 2 aromatic rings. The van der Waals surface area contributed by atoms with E-state index in [2.05, 4.69) is 9.97 Å². The quantitative estimate of drug-likeness (QED) is 0.703. The third kappa shape index (κ3) is 1.62. The Balaban J connectivity index is 2.82. The molecule has 0 fully saturated rings. The summed E-state index contributed by atoms with van der Waals surface area (Å²) in [7, 11) is 0. The molecule has 80 valence electrons. The molecule has 0 aliphatic rings. The van der Waals surface area contributed by atoms with Crippen molar-refractivity contribution < 1.29 is 4.39 Å². The first kappa shape index (κ1) is 10.1. The summed E-state index contributed by atoms with van der Waals surface area (Å²) in [5, 5.41) is 0.889. The fraction of sp³-hybridized carbons (Fsp3) is 0.417. The number of halogens is 1. The SMILES string of the molecule is Cc1cnc2[nH]c(F)c(C(C)(C)C)c2c1. The molecular weight excluding hydrogens is 191 g/mol. The van der Waals surface area contributed by atoms with Gasteiger partial charge in [-0.1, -0.05) is 20.8 Å². The number of aromatic nitrogens is 2. The van der Waals surface area contributed by atoms with E-state index in [1.807, 2.05) is 33.8 Å². The van der Waals surface area contributed by atoms with Gasteiger partial charge in [-0.25, -0.2) is 4.98 Å². The maximum atomic E-state index is 13.7. The zero-order valence-corrected chi connectivity index (χ0v) is 9.48. The molecule has 0 saturated heterocycles. The Morgan fingerprint density at radius 1 is 1.33 bits per heavy atom. The minimum absolute atomic E-state index is 0.211. The fourth-order valence-corrected chi connectivity index (χ4v) is 1.88. The summed E-state index contributed by atoms with van der Waals surface area (Å²) in [6.07, 6.45) is 1.74. The highest BCUT2D eigenvalue weighted by Gasteiger charge is 2.24. The Kier molecular flexibility index (Phi) is 2.07. The number of H-pyrrole nitrogens is 1. The van der Waals surface area contributed by atoms with Crippen LogP contribution in [0.25, 0.3) is 11.0 Å². The van der Waals surface area contributed by atoms with Crippen molar-refractivity contribution in [3.05, 3.63) is 29.3 Å². The Labute approximate surface area is 88.5 Å². The van der Waals surface area contributed by atoms with Gasteiger partial charge in [0.2, 0.25) is 0 Å². The standard InChI is InChI=1S/C12H15FN2/c1-7-5-8-9(12(2,3)4)10(13)15-11(8)14-6-7/h5-6H,1-4H3,(H,14,15). The van der Waals surface area contributed by atoms with Crippen LogP contribution in [0.2, 0.25) is 0 Å². The summed E-state index contributed by atoms with van der Waals surface area (Å²) in [6, 6.07) is 1.97. The van der Waals surface area contributed by atoms with Gasteiger partial charge in [-0.15, -0.1) is 0 Å². The van der Waals surface area contributed by atoms with E-state index in [1.165, 1.54) is 0 Å². The zero-order chi connectivity index (χ0) is 11.2. The molecule has 2 aromatic heterocycles. The average molecular weight is 206 g/mol. The van der Waals surface area contributed by atoms with Gasteiger partial charge in [-0.2, -0.15) is 4.39 Å². The van der Waals surface area contributed by atoms with Crippen LogP contribution in [0.1, 0.15) is 31.9 Å². The molecule has 0 aromatic carbocycles. The maximum Gasteiger partial charge on any atom is 0.197 e. The van der Waals surface area contributed by atoms with E-state index < -0.39 is 0 Å². The van der Waals surface area contributed by atoms with Crippen molar-refractivity contribution in [3.8, 4) is 0 Å². The molecule has 2 rings (SSSR count). The van der Waals surface area contributed by atoms with Crippen molar-refractivity contribution in [2.45, 2.75) is 33.1 Å². The van der Waals surface area contributed by atoms with Gasteiger partial charge in [0.15, 0.2) is 5.95 Å². The monoisotopic (exact) mass is 206 g/mol. The molecule has 0 unspecified atom stereocenters. The molecule has 2 nitrogen and oxygen atoms in total. The van der Waals surface area contributed by atoms with E-state index in [9.17, 15) is 4.39 Å². The van der Waals surface area contributed by atoms with Crippen LogP contribution in [0, 0.1) is 12.9 Å². The predicted molar refractivity (Wildman–Crippen MR) is 59.5 cm³/mol. The number of nitrogens with one attached hydrogen (secondary N) is 1. The van der Waals surface area contributed by atoms with Crippen molar-refractivity contribution in [2.75, 3.05) is 0 Å². The van der Waals surface area contributed by atoms with E-state index in [0.29, 0.717) is 11.2 Å². The first-order chi connectivity index (χ1) is 6.89. The van der Waals surface area contributed by atoms with E-state index >= 15 is 0 Å². The van der Waals surface area contributed by atoms with E-state index in [4.69, 9.17) is 0 Å². The molecule has 0 atom stereocenters. The van der Waals surface area contributed by atoms with E-state index in [-0.39, 0.29) is 11.4 Å². The number of pyridine rings is 1. The molecule has 0 spiro atoms. The smallest absolute Gasteiger partial charge is 0.197 e. The highest BCUT2D eigenvalue weighted by atomic mass is 19.1. The molecule has 15 heavy (non-hydrogen) atoms. The largest absolute Gasteiger partial charge is 0.316 e. The second-order valence-electron chi connectivity index (χ2n) is 4.97. The van der Waals surface area contributed by atoms with Gasteiger partial charge >= 0.3 is 0 Å². The lowest BCUT2D eigenvalue weighted by molar-refractivity contribution is 0.513. The molecule has 0 radical (unpaired) electrons. The van der Waals surface area contributed by atoms with Crippen molar-refractivity contribution in [2.24, 2.45) is 0 Å². The van der Waals surface area contributed by atoms with Crippen LogP contribution < -0.4 is 0 Å². The van der Waals surface area contributed by atoms with Gasteiger partial charge in [0.1, 0.15) is 5.65 Å². The Bertz CT molecular complexity index is 506. The minimum Gasteiger partial charge on any atom is -0.316 e. The highest BCUT2D eigenvalue weighted by Crippen LogP contribution is 2.31. The first-order valence-corrected chi connectivity index (χ1v) is 5.04. The lowest BCUT2D eigenvalue weighted by Crippen LogP contribution is -2.12. The van der Waals surface area contributed by atoms with Crippen LogP contribution in [-0.2, 0) is 5.41 Å². The van der Waals surface area contributed by atoms with Gasteiger partial charge in [0.25, 0.3) is 0 Å². The first-order valence-electron chi connectivity index (χ1n) is 5.04. The van der Waals surface area contributed by atoms with Crippen LogP contribution in [0.5, 0.6) is 0 Å². The third-order valence-electron chi connectivity index (χ3n) is 2.49. The van der Waals surface area contributed by atoms with Gasteiger partial charge in [-0.3, -0.25) is 0 Å². The van der Waals surface area contributed by atoms with Crippen molar-refractivity contribution in [3.63, 3.8) is 0 Å². The number of nitrogens with zero attached hydrogens (tertiary/aromatic N) is 1. The van der Waals surface area contributed by atoms with Crippen LogP contribution in [-0.4, -0.2) is 9.97 Å². The van der Waals surface area contributed by atoms with Crippen LogP contribution in [0.3, 0.4) is 0 Å². The molecule has 0 bridgehead atoms. The van der Waals surface area contributed by atoms with Gasteiger partial charge in [0, 0.05) is 17.1 Å². The van der Waals surface area contributed by atoms with Crippen molar-refractivity contribution in [1.29, 1.82) is 0 Å². The van der Waals surface area contributed by atoms with Crippen LogP contribution >= 0.6 is 0 Å². The van der Waals surface area contributed by atoms with Crippen molar-refractivity contribution >= 4 is 11.0 Å². The number of aryl methyl sites for hydroxylation is 1. The molecular formula is C12H15FN2. The maximum absolute atomic E-state index is 13.7. The molecule has 1 N–H and O–H groups in total. The predicted octanol–water partition coefficient (Wildman–Crippen LogP) is 3.31. The summed E-state index contributed by atoms with van der Waals surface area (Å²) in [6.45, 7) is 7.97. The van der Waals surface area contributed by atoms with Crippen molar-refractivity contribution in [1.82, 2.24) is 9.97 Å². The second kappa shape index (κ2) is 3.05. The molecule has 0 aliphatic heterocycles. The number of fused-ring (bicyclic) bond motifs is 1. The molecule has 3 heteroatoms. The average Bonchev–Trinajstić information content (AvgIpc) is 2.38. The Morgan fingerprint density at radius 2 is 2.00 bits per heavy atom. The zero-order valence-electron chi connectivity index (χ0n) is 9.48. The summed E-state index contributed by atoms with van der Waals surface area (Å²) in [4.78, 5) is 6.86. The molecule has 0 aliphatic carbocycles. The second-order valence-corrected chi connectivity index (χ2v) is 4.97. The minimum atomic E-state index is -0.268. The normalized spacial score (nSPS) is 12.3. The summed E-state index contributed by atoms with van der Waals surface area (Å²) >= 11 is 0. The van der Waals surface area contributed by atoms with Crippen LogP contribution in [0.15, 0.2) is 12.3 Å². The number of hydrogen-bond acceptors (Lipinski definition) is 1. The topological polar surface area (TPSA) is 28.7 Å². The van der Waals surface area contributed by atoms with Gasteiger partial charge in [0.05, 0.1) is 0 Å². The highest BCUT2D eigenvalue weighted by molar-refractivity contribution is 5.81. The third-order valence-corrected chi connectivity index (χ3v) is 2.49. The lowest BCUT2D eigenvalue weighted by atomic mass is 9.87. The van der Waals surface area contributed by atoms with Gasteiger partial charge < -0.3 is 4.98 Å². The molecule has 0 saturated carbocycles. The van der Waals surface area contributed by atoms with E-state index in [0.717, 1.165) is 10.9 Å². The van der Waals surface area contributed by atoms with Gasteiger partial charge in [-0.05, 0) is 24.0 Å². The summed E-state index contributed by atoms with van der Waals surface area (Å²) in [5.41, 5.74) is 2.18. The fourth-order valence-electron chi connectivity index (χ4n) is 1.88. The van der Waals surface area contributed by atoms with E-state index in [1.54, 1.807) is 6.20 Å². The summed E-state index contributed by atoms with van der Waals surface area (Å²) < 4.78 is 13.7. The number of hydrogen-bond donors (Lipinski definition) is 1. The molecule has 2 heterocycles.